The maximum Gasteiger partial charge on any atom is 0.328 e. The van der Waals surface area contributed by atoms with E-state index in [-0.39, 0.29) is 5.25 Å². The molecule has 8 heteroatoms. The molecule has 0 amide bonds. The van der Waals surface area contributed by atoms with Gasteiger partial charge < -0.3 is 15.5 Å². The summed E-state index contributed by atoms with van der Waals surface area (Å²) < 4.78 is 12.0. The summed E-state index contributed by atoms with van der Waals surface area (Å²) in [7, 11) is -0.888. The highest BCUT2D eigenvalue weighted by molar-refractivity contribution is 7.85. The van der Waals surface area contributed by atoms with E-state index in [0.29, 0.717) is 17.2 Å². The molecule has 0 saturated carbocycles. The van der Waals surface area contributed by atoms with E-state index < -0.39 is 22.7 Å². The van der Waals surface area contributed by atoms with Crippen LogP contribution in [0.4, 0.5) is 0 Å². The summed E-state index contributed by atoms with van der Waals surface area (Å²) in [5.74, 6) is -2.51. The fourth-order valence-corrected chi connectivity index (χ4v) is 3.23. The predicted octanol–water partition coefficient (Wildman–Crippen LogP) is 1.52. The van der Waals surface area contributed by atoms with Crippen molar-refractivity contribution in [1.29, 1.82) is 0 Å². The molecule has 0 spiro atoms. The fraction of sp³-hybridized carbons (Fsp3) is 0.286. The monoisotopic (exact) mass is 345 g/mol. The summed E-state index contributed by atoms with van der Waals surface area (Å²) >= 11 is 5.76. The molecule has 1 fully saturated rings. The first kappa shape index (κ1) is 18.3. The van der Waals surface area contributed by atoms with Crippen molar-refractivity contribution in [2.75, 3.05) is 13.1 Å². The van der Waals surface area contributed by atoms with Gasteiger partial charge in [-0.3, -0.25) is 4.21 Å². The number of benzene rings is 1. The first-order valence-electron chi connectivity index (χ1n) is 6.41. The van der Waals surface area contributed by atoms with Gasteiger partial charge in [0.25, 0.3) is 0 Å². The molecule has 120 valence electrons. The average Bonchev–Trinajstić information content (AvgIpc) is 3.00. The van der Waals surface area contributed by atoms with Crippen LogP contribution in [0, 0.1) is 0 Å². The van der Waals surface area contributed by atoms with E-state index >= 15 is 0 Å². The van der Waals surface area contributed by atoms with Gasteiger partial charge in [-0.15, -0.1) is 0 Å². The van der Waals surface area contributed by atoms with Crippen LogP contribution in [0.15, 0.2) is 41.3 Å². The number of rotatable bonds is 4. The second kappa shape index (κ2) is 9.34. The first-order chi connectivity index (χ1) is 10.4. The minimum Gasteiger partial charge on any atom is -0.478 e. The van der Waals surface area contributed by atoms with Gasteiger partial charge in [0.05, 0.1) is 16.0 Å². The standard InChI is InChI=1S/C10H12ClNOS.C4H4O4/c11-8-1-3-9(4-2-8)14(13)10-5-6-12-7-10;5-3(6)1-2-4(7)8/h1-4,10,12H,5-7H2;1-2H,(H,5,6)(H,7,8)/b;2-1-. The Hall–Kier alpha value is -1.70. The Morgan fingerprint density at radius 1 is 1.18 bits per heavy atom. The van der Waals surface area contributed by atoms with Crippen LogP contribution in [0.5, 0.6) is 0 Å². The maximum atomic E-state index is 12.0. The zero-order valence-electron chi connectivity index (χ0n) is 11.6. The van der Waals surface area contributed by atoms with Crippen molar-refractivity contribution in [3.63, 3.8) is 0 Å². The van der Waals surface area contributed by atoms with Crippen molar-refractivity contribution < 1.29 is 24.0 Å². The van der Waals surface area contributed by atoms with Crippen molar-refractivity contribution in [3.05, 3.63) is 41.4 Å². The zero-order chi connectivity index (χ0) is 16.5. The van der Waals surface area contributed by atoms with E-state index in [1.807, 2.05) is 12.1 Å². The highest BCUT2D eigenvalue weighted by Crippen LogP contribution is 2.18. The predicted molar refractivity (Wildman–Crippen MR) is 83.5 cm³/mol. The third-order valence-electron chi connectivity index (χ3n) is 2.73. The molecule has 1 aliphatic heterocycles. The summed E-state index contributed by atoms with van der Waals surface area (Å²) in [5, 5.41) is 19.8. The van der Waals surface area contributed by atoms with Crippen LogP contribution in [0.2, 0.25) is 5.02 Å². The van der Waals surface area contributed by atoms with Gasteiger partial charge >= 0.3 is 11.9 Å². The van der Waals surface area contributed by atoms with Gasteiger partial charge in [-0.1, -0.05) is 11.6 Å². The Kier molecular flexibility index (Phi) is 7.79. The van der Waals surface area contributed by atoms with E-state index in [9.17, 15) is 13.8 Å². The van der Waals surface area contributed by atoms with Crippen molar-refractivity contribution in [1.82, 2.24) is 5.32 Å². The third kappa shape index (κ3) is 6.84. The summed E-state index contributed by atoms with van der Waals surface area (Å²) in [6.07, 6.45) is 2.11. The van der Waals surface area contributed by atoms with E-state index in [0.717, 1.165) is 24.4 Å². The molecular formula is C14H16ClNO5S. The zero-order valence-corrected chi connectivity index (χ0v) is 13.1. The summed E-state index contributed by atoms with van der Waals surface area (Å²) in [6.45, 7) is 1.83. The van der Waals surface area contributed by atoms with Crippen LogP contribution in [-0.4, -0.2) is 44.7 Å². The molecule has 22 heavy (non-hydrogen) atoms. The average molecular weight is 346 g/mol. The molecule has 2 rings (SSSR count). The van der Waals surface area contributed by atoms with Crippen molar-refractivity contribution in [2.45, 2.75) is 16.6 Å². The quantitative estimate of drug-likeness (QED) is 0.715. The van der Waals surface area contributed by atoms with Crippen molar-refractivity contribution in [2.24, 2.45) is 0 Å². The molecule has 6 nitrogen and oxygen atoms in total. The Morgan fingerprint density at radius 2 is 1.73 bits per heavy atom. The Morgan fingerprint density at radius 3 is 2.14 bits per heavy atom. The van der Waals surface area contributed by atoms with Crippen molar-refractivity contribution >= 4 is 34.3 Å². The van der Waals surface area contributed by atoms with E-state index in [1.165, 1.54) is 0 Å². The topological polar surface area (TPSA) is 104 Å². The van der Waals surface area contributed by atoms with E-state index in [4.69, 9.17) is 21.8 Å². The Labute approximate surface area is 135 Å². The minimum absolute atomic E-state index is 0.260. The molecule has 2 unspecified atom stereocenters. The lowest BCUT2D eigenvalue weighted by molar-refractivity contribution is -0.134. The summed E-state index contributed by atoms with van der Waals surface area (Å²) in [6, 6.07) is 7.27. The molecular weight excluding hydrogens is 330 g/mol. The lowest BCUT2D eigenvalue weighted by atomic mass is 10.4. The molecule has 1 aromatic carbocycles. The molecule has 1 heterocycles. The van der Waals surface area contributed by atoms with Gasteiger partial charge in [-0.05, 0) is 37.2 Å². The van der Waals surface area contributed by atoms with Gasteiger partial charge in [-0.25, -0.2) is 9.59 Å². The van der Waals surface area contributed by atoms with Crippen LogP contribution in [0.1, 0.15) is 6.42 Å². The van der Waals surface area contributed by atoms with Gasteiger partial charge in [0.15, 0.2) is 0 Å². The Balaban J connectivity index is 0.000000261. The number of carboxylic acids is 2. The molecule has 0 radical (unpaired) electrons. The third-order valence-corrected chi connectivity index (χ3v) is 4.73. The lowest BCUT2D eigenvalue weighted by Gasteiger charge is -2.07. The van der Waals surface area contributed by atoms with Crippen molar-refractivity contribution in [3.8, 4) is 0 Å². The van der Waals surface area contributed by atoms with Crippen LogP contribution in [0.3, 0.4) is 0 Å². The first-order valence-corrected chi connectivity index (χ1v) is 8.00. The molecule has 0 aromatic heterocycles. The number of hydrogen-bond acceptors (Lipinski definition) is 4. The molecule has 3 N–H and O–H groups in total. The number of hydrogen-bond donors (Lipinski definition) is 3. The molecule has 1 saturated heterocycles. The molecule has 0 bridgehead atoms. The molecule has 1 aromatic rings. The Bertz CT molecular complexity index is 551. The second-order valence-corrected chi connectivity index (χ2v) is 6.55. The van der Waals surface area contributed by atoms with Crippen LogP contribution in [0.25, 0.3) is 0 Å². The van der Waals surface area contributed by atoms with Gasteiger partial charge in [0.2, 0.25) is 0 Å². The van der Waals surface area contributed by atoms with Crippen LogP contribution in [-0.2, 0) is 20.4 Å². The van der Waals surface area contributed by atoms with E-state index in [1.54, 1.807) is 12.1 Å². The highest BCUT2D eigenvalue weighted by atomic mass is 35.5. The number of nitrogens with one attached hydrogen (secondary N) is 1. The summed E-state index contributed by atoms with van der Waals surface area (Å²) in [5.41, 5.74) is 0. The maximum absolute atomic E-state index is 12.0. The highest BCUT2D eigenvalue weighted by Gasteiger charge is 2.21. The number of aliphatic carboxylic acids is 2. The number of carbonyl (C=O) groups is 2. The van der Waals surface area contributed by atoms with Crippen LogP contribution >= 0.6 is 11.6 Å². The smallest absolute Gasteiger partial charge is 0.328 e. The molecule has 0 aliphatic carbocycles. The minimum atomic E-state index is -1.26. The van der Waals surface area contributed by atoms with Gasteiger partial charge in [0.1, 0.15) is 0 Å². The second-order valence-electron chi connectivity index (χ2n) is 4.38. The SMILES string of the molecule is O=C(O)/C=C\C(=O)O.O=S(c1ccc(Cl)cc1)C1CCNC1. The lowest BCUT2D eigenvalue weighted by Crippen LogP contribution is -2.18. The molecule has 1 aliphatic rings. The number of halogens is 1. The fourth-order valence-electron chi connectivity index (χ4n) is 1.71. The summed E-state index contributed by atoms with van der Waals surface area (Å²) in [4.78, 5) is 20.0. The number of carboxylic acid groups (broad SMARTS) is 2. The normalized spacial score (nSPS) is 18.5. The van der Waals surface area contributed by atoms with Crippen LogP contribution < -0.4 is 5.32 Å². The largest absolute Gasteiger partial charge is 0.478 e. The molecule has 2 atom stereocenters. The van der Waals surface area contributed by atoms with E-state index in [2.05, 4.69) is 5.32 Å². The van der Waals surface area contributed by atoms with Gasteiger partial charge in [0, 0.05) is 28.6 Å². The van der Waals surface area contributed by atoms with Gasteiger partial charge in [-0.2, -0.15) is 0 Å².